The fourth-order valence-electron chi connectivity index (χ4n) is 2.72. The molecule has 0 aliphatic heterocycles. The van der Waals surface area contributed by atoms with Crippen molar-refractivity contribution in [1.82, 2.24) is 14.8 Å². The number of methoxy groups -OCH3 is 1. The molecule has 1 amide bonds. The van der Waals surface area contributed by atoms with Crippen molar-refractivity contribution in [3.63, 3.8) is 0 Å². The van der Waals surface area contributed by atoms with E-state index in [2.05, 4.69) is 15.4 Å². The lowest BCUT2D eigenvalue weighted by molar-refractivity contribution is -0.117. The van der Waals surface area contributed by atoms with Crippen LogP contribution in [0.25, 0.3) is 17.1 Å². The first kappa shape index (κ1) is 19.5. The molecule has 0 radical (unpaired) electrons. The minimum atomic E-state index is -0.322. The maximum Gasteiger partial charge on any atom is 0.336 e. The second-order valence-electron chi connectivity index (χ2n) is 7.67. The molecule has 2 aromatic carbocycles. The molecule has 0 atom stereocenters. The highest BCUT2D eigenvalue weighted by Gasteiger charge is 2.17. The molecule has 0 aliphatic rings. The summed E-state index contributed by atoms with van der Waals surface area (Å²) in [4.78, 5) is 16.5. The summed E-state index contributed by atoms with van der Waals surface area (Å²) in [5.74, 6) is 0.174. The molecule has 0 fully saturated rings. The summed E-state index contributed by atoms with van der Waals surface area (Å²) < 4.78 is 20.0. The van der Waals surface area contributed by atoms with Crippen LogP contribution in [-0.2, 0) is 4.79 Å². The van der Waals surface area contributed by atoms with Crippen molar-refractivity contribution >= 4 is 11.6 Å². The van der Waals surface area contributed by atoms with Crippen molar-refractivity contribution in [2.45, 2.75) is 27.2 Å². The standard InChI is InChI=1S/C21H23FN4O2/c1-21(2,3)13-18(27)23-16-9-11-17(12-10-16)26-19(24-20(25-26)28-4)14-5-7-15(22)8-6-14/h5-12H,13H2,1-4H3,(H,23,27). The van der Waals surface area contributed by atoms with Gasteiger partial charge in [0.1, 0.15) is 5.82 Å². The van der Waals surface area contributed by atoms with Gasteiger partial charge >= 0.3 is 6.01 Å². The summed E-state index contributed by atoms with van der Waals surface area (Å²) in [6, 6.07) is 13.5. The summed E-state index contributed by atoms with van der Waals surface area (Å²) in [5, 5.41) is 7.23. The van der Waals surface area contributed by atoms with Gasteiger partial charge in [0, 0.05) is 17.7 Å². The Labute approximate surface area is 163 Å². The van der Waals surface area contributed by atoms with Crippen LogP contribution in [0.1, 0.15) is 27.2 Å². The number of nitrogens with one attached hydrogen (secondary N) is 1. The fraction of sp³-hybridized carbons (Fsp3) is 0.286. The Bertz CT molecular complexity index is 958. The molecule has 7 heteroatoms. The molecule has 1 N–H and O–H groups in total. The fourth-order valence-corrected chi connectivity index (χ4v) is 2.72. The van der Waals surface area contributed by atoms with E-state index in [4.69, 9.17) is 4.74 Å². The van der Waals surface area contributed by atoms with Crippen LogP contribution in [-0.4, -0.2) is 27.8 Å². The second kappa shape index (κ2) is 7.80. The third-order valence-electron chi connectivity index (χ3n) is 3.96. The normalized spacial score (nSPS) is 11.3. The van der Waals surface area contributed by atoms with E-state index in [0.29, 0.717) is 23.5 Å². The lowest BCUT2D eigenvalue weighted by Crippen LogP contribution is -2.19. The molecule has 3 aromatic rings. The number of amides is 1. The van der Waals surface area contributed by atoms with Crippen molar-refractivity contribution < 1.29 is 13.9 Å². The van der Waals surface area contributed by atoms with Crippen molar-refractivity contribution in [2.24, 2.45) is 5.41 Å². The molecule has 3 rings (SSSR count). The Morgan fingerprint density at radius 1 is 1.11 bits per heavy atom. The van der Waals surface area contributed by atoms with Crippen LogP contribution in [0.15, 0.2) is 48.5 Å². The summed E-state index contributed by atoms with van der Waals surface area (Å²) in [7, 11) is 1.49. The van der Waals surface area contributed by atoms with Crippen LogP contribution < -0.4 is 10.1 Å². The summed E-state index contributed by atoms with van der Waals surface area (Å²) in [5.41, 5.74) is 2.07. The molecule has 0 unspecified atom stereocenters. The SMILES string of the molecule is COc1nc(-c2ccc(F)cc2)n(-c2ccc(NC(=O)CC(C)(C)C)cc2)n1. The topological polar surface area (TPSA) is 69.0 Å². The molecular formula is C21H23FN4O2. The zero-order chi connectivity index (χ0) is 20.3. The average molecular weight is 382 g/mol. The highest BCUT2D eigenvalue weighted by molar-refractivity contribution is 5.91. The minimum absolute atomic E-state index is 0.0327. The van der Waals surface area contributed by atoms with Crippen molar-refractivity contribution in [3.8, 4) is 23.1 Å². The molecular weight excluding hydrogens is 359 g/mol. The van der Waals surface area contributed by atoms with E-state index < -0.39 is 0 Å². The average Bonchev–Trinajstić information content (AvgIpc) is 3.06. The van der Waals surface area contributed by atoms with Gasteiger partial charge in [-0.1, -0.05) is 20.8 Å². The number of carbonyl (C=O) groups is 1. The number of aromatic nitrogens is 3. The number of rotatable bonds is 5. The molecule has 146 valence electrons. The van der Waals surface area contributed by atoms with Crippen LogP contribution in [0.5, 0.6) is 6.01 Å². The predicted molar refractivity (Wildman–Crippen MR) is 106 cm³/mol. The summed E-state index contributed by atoms with van der Waals surface area (Å²) >= 11 is 0. The molecule has 6 nitrogen and oxygen atoms in total. The molecule has 0 saturated heterocycles. The Kier molecular flexibility index (Phi) is 5.44. The van der Waals surface area contributed by atoms with Gasteiger partial charge in [0.05, 0.1) is 12.8 Å². The van der Waals surface area contributed by atoms with Gasteiger partial charge in [-0.3, -0.25) is 4.79 Å². The van der Waals surface area contributed by atoms with E-state index in [1.807, 2.05) is 32.9 Å². The largest absolute Gasteiger partial charge is 0.466 e. The van der Waals surface area contributed by atoms with E-state index in [0.717, 1.165) is 5.69 Å². The first-order valence-electron chi connectivity index (χ1n) is 8.92. The maximum atomic E-state index is 13.2. The highest BCUT2D eigenvalue weighted by Crippen LogP contribution is 2.25. The number of ether oxygens (including phenoxy) is 1. The number of benzene rings is 2. The number of halogens is 1. The van der Waals surface area contributed by atoms with E-state index >= 15 is 0 Å². The molecule has 28 heavy (non-hydrogen) atoms. The molecule has 1 heterocycles. The van der Waals surface area contributed by atoms with Crippen molar-refractivity contribution in [2.75, 3.05) is 12.4 Å². The van der Waals surface area contributed by atoms with Crippen LogP contribution in [0, 0.1) is 11.2 Å². The van der Waals surface area contributed by atoms with Crippen molar-refractivity contribution in [1.29, 1.82) is 0 Å². The Hall–Kier alpha value is -3.22. The first-order valence-corrected chi connectivity index (χ1v) is 8.92. The van der Waals surface area contributed by atoms with Gasteiger partial charge in [0.15, 0.2) is 5.82 Å². The molecule has 0 aliphatic carbocycles. The monoisotopic (exact) mass is 382 g/mol. The number of anilines is 1. The van der Waals surface area contributed by atoms with Crippen LogP contribution in [0.4, 0.5) is 10.1 Å². The van der Waals surface area contributed by atoms with E-state index in [-0.39, 0.29) is 23.1 Å². The highest BCUT2D eigenvalue weighted by atomic mass is 19.1. The first-order chi connectivity index (χ1) is 13.2. The van der Waals surface area contributed by atoms with E-state index in [9.17, 15) is 9.18 Å². The van der Waals surface area contributed by atoms with E-state index in [1.54, 1.807) is 28.9 Å². The molecule has 0 bridgehead atoms. The predicted octanol–water partition coefficient (Wildman–Crippen LogP) is 4.46. The second-order valence-corrected chi connectivity index (χ2v) is 7.67. The van der Waals surface area contributed by atoms with Gasteiger partial charge in [-0.25, -0.2) is 9.07 Å². The van der Waals surface area contributed by atoms with Gasteiger partial charge in [0.25, 0.3) is 0 Å². The van der Waals surface area contributed by atoms with Gasteiger partial charge in [-0.15, -0.1) is 5.10 Å². The van der Waals surface area contributed by atoms with Gasteiger partial charge in [-0.2, -0.15) is 4.98 Å². The number of hydrogen-bond acceptors (Lipinski definition) is 4. The van der Waals surface area contributed by atoms with E-state index in [1.165, 1.54) is 19.2 Å². The Balaban J connectivity index is 1.86. The molecule has 0 spiro atoms. The van der Waals surface area contributed by atoms with Crippen LogP contribution in [0.2, 0.25) is 0 Å². The van der Waals surface area contributed by atoms with Crippen molar-refractivity contribution in [3.05, 3.63) is 54.3 Å². The van der Waals surface area contributed by atoms with Gasteiger partial charge in [-0.05, 0) is 53.9 Å². The summed E-state index contributed by atoms with van der Waals surface area (Å²) in [6.07, 6.45) is 0.434. The Morgan fingerprint density at radius 2 is 1.75 bits per heavy atom. The lowest BCUT2D eigenvalue weighted by Gasteiger charge is -2.17. The van der Waals surface area contributed by atoms with Gasteiger partial charge < -0.3 is 10.1 Å². The quantitative estimate of drug-likeness (QED) is 0.707. The zero-order valence-corrected chi connectivity index (χ0v) is 16.4. The molecule has 0 saturated carbocycles. The zero-order valence-electron chi connectivity index (χ0n) is 16.4. The number of nitrogens with zero attached hydrogens (tertiary/aromatic N) is 3. The Morgan fingerprint density at radius 3 is 2.32 bits per heavy atom. The smallest absolute Gasteiger partial charge is 0.336 e. The number of carbonyl (C=O) groups excluding carboxylic acids is 1. The summed E-state index contributed by atoms with van der Waals surface area (Å²) in [6.45, 7) is 6.06. The van der Waals surface area contributed by atoms with Crippen LogP contribution >= 0.6 is 0 Å². The third-order valence-corrected chi connectivity index (χ3v) is 3.96. The minimum Gasteiger partial charge on any atom is -0.466 e. The van der Waals surface area contributed by atoms with Gasteiger partial charge in [0.2, 0.25) is 5.91 Å². The van der Waals surface area contributed by atoms with Crippen LogP contribution in [0.3, 0.4) is 0 Å². The maximum absolute atomic E-state index is 13.2. The number of hydrogen-bond donors (Lipinski definition) is 1. The molecule has 1 aromatic heterocycles. The lowest BCUT2D eigenvalue weighted by atomic mass is 9.92. The third kappa shape index (κ3) is 4.73.